The van der Waals surface area contributed by atoms with Crippen LogP contribution >= 0.6 is 0 Å². The summed E-state index contributed by atoms with van der Waals surface area (Å²) in [7, 11) is 0. The van der Waals surface area contributed by atoms with Gasteiger partial charge in [-0.1, -0.05) is 37.0 Å². The summed E-state index contributed by atoms with van der Waals surface area (Å²) < 4.78 is 5.60. The lowest BCUT2D eigenvalue weighted by Crippen LogP contribution is -2.42. The minimum absolute atomic E-state index is 0.0114. The highest BCUT2D eigenvalue weighted by Crippen LogP contribution is 2.06. The van der Waals surface area contributed by atoms with Gasteiger partial charge in [0, 0.05) is 25.2 Å². The van der Waals surface area contributed by atoms with Crippen molar-refractivity contribution in [2.75, 3.05) is 32.8 Å². The largest absolute Gasteiger partial charge is 0.375 e. The van der Waals surface area contributed by atoms with E-state index < -0.39 is 0 Å². The van der Waals surface area contributed by atoms with Crippen LogP contribution in [0.5, 0.6) is 0 Å². The van der Waals surface area contributed by atoms with Crippen molar-refractivity contribution in [3.63, 3.8) is 0 Å². The van der Waals surface area contributed by atoms with Crippen molar-refractivity contribution in [1.82, 2.24) is 10.2 Å². The van der Waals surface area contributed by atoms with E-state index >= 15 is 0 Å². The molecular weight excluding hydrogens is 276 g/mol. The molecule has 0 spiro atoms. The summed E-state index contributed by atoms with van der Waals surface area (Å²) in [6, 6.07) is 9.84. The molecule has 0 radical (unpaired) electrons. The molecule has 1 heterocycles. The van der Waals surface area contributed by atoms with Crippen molar-refractivity contribution in [1.29, 1.82) is 0 Å². The van der Waals surface area contributed by atoms with E-state index in [2.05, 4.69) is 24.1 Å². The van der Waals surface area contributed by atoms with Crippen LogP contribution < -0.4 is 5.32 Å². The molecule has 1 fully saturated rings. The summed E-state index contributed by atoms with van der Waals surface area (Å²) in [4.78, 5) is 14.2. The lowest BCUT2D eigenvalue weighted by molar-refractivity contribution is -0.134. The molecule has 1 N–H and O–H groups in total. The number of carbonyl (C=O) groups excluding carboxylic acids is 1. The molecule has 1 saturated heterocycles. The van der Waals surface area contributed by atoms with Gasteiger partial charge in [0.05, 0.1) is 25.7 Å². The smallest absolute Gasteiger partial charge is 0.226 e. The first-order chi connectivity index (χ1) is 10.8. The standard InChI is InChI=1S/C18H24N2O2/c1-2-11-20(12-6-9-16-7-4-3-5-8-16)18(21)14-17-15-19-10-13-22-17/h3-5,7-8,17,19H,2,10-15H2,1H3/t17-/m1/s1. The van der Waals surface area contributed by atoms with E-state index in [0.717, 1.165) is 31.6 Å². The Balaban J connectivity index is 1.88. The number of nitrogens with zero attached hydrogens (tertiary/aromatic N) is 1. The van der Waals surface area contributed by atoms with Crippen LogP contribution in [0, 0.1) is 11.8 Å². The zero-order valence-electron chi connectivity index (χ0n) is 13.2. The average molecular weight is 300 g/mol. The molecule has 1 aromatic carbocycles. The van der Waals surface area contributed by atoms with Crippen LogP contribution in [0.25, 0.3) is 0 Å². The molecule has 4 heteroatoms. The van der Waals surface area contributed by atoms with Crippen LogP contribution in [0.2, 0.25) is 0 Å². The second-order valence-corrected chi connectivity index (χ2v) is 5.38. The fraction of sp³-hybridized carbons (Fsp3) is 0.500. The SMILES string of the molecule is CCCN(CC#Cc1ccccc1)C(=O)C[C@@H]1CNCCO1. The fourth-order valence-electron chi connectivity index (χ4n) is 2.40. The monoisotopic (exact) mass is 300 g/mol. The zero-order valence-corrected chi connectivity index (χ0v) is 13.2. The number of amides is 1. The molecule has 118 valence electrons. The summed E-state index contributed by atoms with van der Waals surface area (Å²) >= 11 is 0. The minimum atomic E-state index is -0.0114. The van der Waals surface area contributed by atoms with Crippen molar-refractivity contribution in [3.05, 3.63) is 35.9 Å². The van der Waals surface area contributed by atoms with Crippen molar-refractivity contribution >= 4 is 5.91 Å². The predicted octanol–water partition coefficient (Wildman–Crippen LogP) is 1.66. The molecule has 1 aliphatic heterocycles. The molecule has 0 saturated carbocycles. The van der Waals surface area contributed by atoms with E-state index in [1.807, 2.05) is 35.2 Å². The number of morpholine rings is 1. The number of hydrogen-bond acceptors (Lipinski definition) is 3. The van der Waals surface area contributed by atoms with E-state index in [4.69, 9.17) is 4.74 Å². The number of hydrogen-bond donors (Lipinski definition) is 1. The highest BCUT2D eigenvalue weighted by atomic mass is 16.5. The Kier molecular flexibility index (Phi) is 6.95. The summed E-state index contributed by atoms with van der Waals surface area (Å²) in [5.41, 5.74) is 0.978. The van der Waals surface area contributed by atoms with Crippen LogP contribution in [0.15, 0.2) is 30.3 Å². The van der Waals surface area contributed by atoms with Crippen molar-refractivity contribution in [2.24, 2.45) is 0 Å². The second kappa shape index (κ2) is 9.24. The maximum Gasteiger partial charge on any atom is 0.226 e. The Morgan fingerprint density at radius 2 is 2.23 bits per heavy atom. The van der Waals surface area contributed by atoms with E-state index in [1.165, 1.54) is 0 Å². The molecule has 1 amide bonds. The van der Waals surface area contributed by atoms with Gasteiger partial charge >= 0.3 is 0 Å². The topological polar surface area (TPSA) is 41.6 Å². The zero-order chi connectivity index (χ0) is 15.6. The van der Waals surface area contributed by atoms with Crippen LogP contribution in [0.3, 0.4) is 0 Å². The van der Waals surface area contributed by atoms with E-state index in [1.54, 1.807) is 0 Å². The lowest BCUT2D eigenvalue weighted by Gasteiger charge is -2.26. The summed E-state index contributed by atoms with van der Waals surface area (Å²) in [5, 5.41) is 3.25. The van der Waals surface area contributed by atoms with Gasteiger partial charge in [0.1, 0.15) is 0 Å². The van der Waals surface area contributed by atoms with E-state index in [0.29, 0.717) is 19.6 Å². The molecular formula is C18H24N2O2. The maximum absolute atomic E-state index is 12.4. The first kappa shape index (κ1) is 16.5. The van der Waals surface area contributed by atoms with E-state index in [9.17, 15) is 4.79 Å². The van der Waals surface area contributed by atoms with Crippen molar-refractivity contribution in [2.45, 2.75) is 25.9 Å². The Labute approximate surface area is 132 Å². The van der Waals surface area contributed by atoms with Gasteiger partial charge in [-0.25, -0.2) is 0 Å². The van der Waals surface area contributed by atoms with Gasteiger partial charge in [0.15, 0.2) is 0 Å². The number of nitrogens with one attached hydrogen (secondary N) is 1. The predicted molar refractivity (Wildman–Crippen MR) is 87.4 cm³/mol. The summed E-state index contributed by atoms with van der Waals surface area (Å²) in [5.74, 6) is 6.33. The molecule has 1 atom stereocenters. The third-order valence-electron chi connectivity index (χ3n) is 3.53. The highest BCUT2D eigenvalue weighted by molar-refractivity contribution is 5.77. The Bertz CT molecular complexity index is 513. The molecule has 1 aromatic rings. The highest BCUT2D eigenvalue weighted by Gasteiger charge is 2.20. The summed E-state index contributed by atoms with van der Waals surface area (Å²) in [6.07, 6.45) is 1.35. The van der Waals surface area contributed by atoms with Crippen LogP contribution in [-0.4, -0.2) is 49.7 Å². The fourth-order valence-corrected chi connectivity index (χ4v) is 2.40. The van der Waals surface area contributed by atoms with Gasteiger partial charge in [-0.3, -0.25) is 4.79 Å². The third kappa shape index (κ3) is 5.51. The average Bonchev–Trinajstić information content (AvgIpc) is 2.56. The first-order valence-electron chi connectivity index (χ1n) is 7.93. The second-order valence-electron chi connectivity index (χ2n) is 5.38. The number of benzene rings is 1. The molecule has 4 nitrogen and oxygen atoms in total. The van der Waals surface area contributed by atoms with Crippen LogP contribution in [0.4, 0.5) is 0 Å². The van der Waals surface area contributed by atoms with Gasteiger partial charge < -0.3 is 15.0 Å². The number of rotatable bonds is 5. The van der Waals surface area contributed by atoms with Gasteiger partial charge in [-0.15, -0.1) is 0 Å². The van der Waals surface area contributed by atoms with Gasteiger partial charge in [0.25, 0.3) is 0 Å². The maximum atomic E-state index is 12.4. The molecule has 0 aromatic heterocycles. The van der Waals surface area contributed by atoms with Crippen LogP contribution in [0.1, 0.15) is 25.3 Å². The van der Waals surface area contributed by atoms with Crippen molar-refractivity contribution < 1.29 is 9.53 Å². The lowest BCUT2D eigenvalue weighted by atomic mass is 10.2. The Morgan fingerprint density at radius 3 is 2.91 bits per heavy atom. The minimum Gasteiger partial charge on any atom is -0.375 e. The Hall–Kier alpha value is -1.83. The van der Waals surface area contributed by atoms with Crippen LogP contribution in [-0.2, 0) is 9.53 Å². The molecule has 0 aliphatic carbocycles. The Morgan fingerprint density at radius 1 is 1.41 bits per heavy atom. The van der Waals surface area contributed by atoms with Gasteiger partial charge in [0.2, 0.25) is 5.91 Å². The molecule has 0 bridgehead atoms. The first-order valence-corrected chi connectivity index (χ1v) is 7.93. The molecule has 0 unspecified atom stereocenters. The molecule has 1 aliphatic rings. The number of ether oxygens (including phenoxy) is 1. The molecule has 2 rings (SSSR count). The van der Waals surface area contributed by atoms with Crippen molar-refractivity contribution in [3.8, 4) is 11.8 Å². The van der Waals surface area contributed by atoms with E-state index in [-0.39, 0.29) is 12.0 Å². The van der Waals surface area contributed by atoms with Gasteiger partial charge in [-0.05, 0) is 18.6 Å². The summed E-state index contributed by atoms with van der Waals surface area (Å²) in [6.45, 7) is 5.58. The van der Waals surface area contributed by atoms with Gasteiger partial charge in [-0.2, -0.15) is 0 Å². The third-order valence-corrected chi connectivity index (χ3v) is 3.53. The molecule has 22 heavy (non-hydrogen) atoms. The quantitative estimate of drug-likeness (QED) is 0.841. The number of carbonyl (C=O) groups is 1. The normalized spacial score (nSPS) is 17.4.